The van der Waals surface area contributed by atoms with E-state index in [4.69, 9.17) is 24.7 Å². The Labute approximate surface area is 286 Å². The van der Waals surface area contributed by atoms with Gasteiger partial charge in [-0.3, -0.25) is 19.2 Å². The summed E-state index contributed by atoms with van der Waals surface area (Å²) >= 11 is 0. The fraction of sp³-hybridized carbons (Fsp3) is 0.667. The molecule has 0 aromatic heterocycles. The number of nitrogens with one attached hydrogen (secondary N) is 2. The smallest absolute Gasteiger partial charge is 0.408 e. The van der Waals surface area contributed by atoms with E-state index in [-0.39, 0.29) is 32.4 Å². The van der Waals surface area contributed by atoms with Gasteiger partial charge < -0.3 is 55.3 Å². The molecule has 3 rings (SSSR count). The third-order valence-corrected chi connectivity index (χ3v) is 8.72. The highest BCUT2D eigenvalue weighted by atomic mass is 16.6. The summed E-state index contributed by atoms with van der Waals surface area (Å²) in [4.78, 5) is 70.2. The molecule has 2 heterocycles. The predicted octanol–water partition coefficient (Wildman–Crippen LogP) is 0.232. The van der Waals surface area contributed by atoms with Gasteiger partial charge in [0.25, 0.3) is 0 Å². The highest BCUT2D eigenvalue weighted by Gasteiger charge is 2.53. The van der Waals surface area contributed by atoms with Gasteiger partial charge in [-0.05, 0) is 78.0 Å². The molecule has 16 heteroatoms. The number of rotatable bonds is 13. The lowest BCUT2D eigenvalue weighted by Crippen LogP contribution is -2.65. The monoisotopic (exact) mass is 693 g/mol. The normalized spacial score (nSPS) is 21.6. The van der Waals surface area contributed by atoms with Crippen molar-refractivity contribution in [1.29, 1.82) is 0 Å². The molecule has 6 atom stereocenters. The molecule has 5 amide bonds. The van der Waals surface area contributed by atoms with E-state index < -0.39 is 71.2 Å². The summed E-state index contributed by atoms with van der Waals surface area (Å²) in [5, 5.41) is 25.7. The first-order chi connectivity index (χ1) is 22.9. The average Bonchev–Trinajstić information content (AvgIpc) is 3.68. The first-order valence-electron chi connectivity index (χ1n) is 16.3. The number of aliphatic hydroxyl groups is 2. The zero-order valence-corrected chi connectivity index (χ0v) is 29.5. The van der Waals surface area contributed by atoms with E-state index in [1.807, 2.05) is 0 Å². The van der Waals surface area contributed by atoms with Crippen molar-refractivity contribution in [3.05, 3.63) is 17.7 Å². The van der Waals surface area contributed by atoms with Gasteiger partial charge in [0.2, 0.25) is 29.4 Å². The van der Waals surface area contributed by atoms with Crippen LogP contribution in [0.1, 0.15) is 65.9 Å². The summed E-state index contributed by atoms with van der Waals surface area (Å²) in [6.07, 6.45) is -2.34. The van der Waals surface area contributed by atoms with Gasteiger partial charge in [-0.1, -0.05) is 0 Å². The maximum atomic E-state index is 14.5. The van der Waals surface area contributed by atoms with Crippen molar-refractivity contribution in [2.24, 2.45) is 5.73 Å². The molecular formula is C33H51N5O11. The van der Waals surface area contributed by atoms with Gasteiger partial charge in [-0.2, -0.15) is 0 Å². The number of hydrogen-bond donors (Lipinski definition) is 5. The van der Waals surface area contributed by atoms with Gasteiger partial charge in [0.1, 0.15) is 29.3 Å². The van der Waals surface area contributed by atoms with Crippen molar-refractivity contribution >= 4 is 29.7 Å². The number of alkyl carbamates (subject to hydrolysis) is 1. The SMILES string of the molecule is COc1cc(C[C@]2(C(=O)N[C@H](C(N)=O)[C@@H](C)O)CCCN2C(=O)[C@@H]2CCCN2C(=O)[C@@H](NC(=O)OC(C)(C)C)[C@@H](C)O)cc(OC)c1OC. The summed E-state index contributed by atoms with van der Waals surface area (Å²) in [6.45, 7) is 7.93. The number of aliphatic hydroxyl groups excluding tert-OH is 2. The third kappa shape index (κ3) is 8.84. The molecule has 16 nitrogen and oxygen atoms in total. The van der Waals surface area contributed by atoms with E-state index >= 15 is 0 Å². The molecular weight excluding hydrogens is 642 g/mol. The summed E-state index contributed by atoms with van der Waals surface area (Å²) in [7, 11) is 4.34. The van der Waals surface area contributed by atoms with Gasteiger partial charge in [-0.15, -0.1) is 0 Å². The van der Waals surface area contributed by atoms with Gasteiger partial charge >= 0.3 is 6.09 Å². The van der Waals surface area contributed by atoms with Gasteiger partial charge in [0, 0.05) is 19.5 Å². The Morgan fingerprint density at radius 3 is 2.02 bits per heavy atom. The fourth-order valence-electron chi connectivity index (χ4n) is 6.45. The predicted molar refractivity (Wildman–Crippen MR) is 176 cm³/mol. The second-order valence-corrected chi connectivity index (χ2v) is 13.5. The highest BCUT2D eigenvalue weighted by Crippen LogP contribution is 2.42. The second-order valence-electron chi connectivity index (χ2n) is 13.5. The molecule has 0 bridgehead atoms. The Hall–Kier alpha value is -4.31. The number of hydrogen-bond acceptors (Lipinski definition) is 11. The minimum absolute atomic E-state index is 0.0657. The van der Waals surface area contributed by atoms with Crippen LogP contribution in [-0.4, -0.2) is 126 Å². The van der Waals surface area contributed by atoms with Crippen LogP contribution in [0, 0.1) is 0 Å². The maximum absolute atomic E-state index is 14.5. The summed E-state index contributed by atoms with van der Waals surface area (Å²) < 4.78 is 21.8. The van der Waals surface area contributed by atoms with Crippen LogP contribution in [-0.2, 0) is 30.3 Å². The Morgan fingerprint density at radius 1 is 0.939 bits per heavy atom. The van der Waals surface area contributed by atoms with E-state index in [0.29, 0.717) is 35.7 Å². The Morgan fingerprint density at radius 2 is 1.53 bits per heavy atom. The van der Waals surface area contributed by atoms with Crippen molar-refractivity contribution in [2.75, 3.05) is 34.4 Å². The van der Waals surface area contributed by atoms with E-state index in [2.05, 4.69) is 10.6 Å². The number of carbonyl (C=O) groups excluding carboxylic acids is 5. The number of nitrogens with two attached hydrogens (primary N) is 1. The van der Waals surface area contributed by atoms with E-state index in [1.165, 1.54) is 45.0 Å². The molecule has 0 aliphatic carbocycles. The number of carbonyl (C=O) groups is 5. The number of primary amides is 1. The molecule has 274 valence electrons. The minimum atomic E-state index is -1.60. The molecule has 0 spiro atoms. The molecule has 2 aliphatic heterocycles. The topological polar surface area (TPSA) is 219 Å². The number of methoxy groups -OCH3 is 3. The van der Waals surface area contributed by atoms with Crippen LogP contribution in [0.3, 0.4) is 0 Å². The van der Waals surface area contributed by atoms with Crippen molar-refractivity contribution in [2.45, 2.75) is 108 Å². The fourth-order valence-corrected chi connectivity index (χ4v) is 6.45. The quantitative estimate of drug-likeness (QED) is 0.188. The molecule has 0 unspecified atom stereocenters. The Kier molecular flexibility index (Phi) is 12.7. The lowest BCUT2D eigenvalue weighted by molar-refractivity contribution is -0.153. The van der Waals surface area contributed by atoms with Crippen molar-refractivity contribution in [1.82, 2.24) is 20.4 Å². The van der Waals surface area contributed by atoms with Crippen LogP contribution >= 0.6 is 0 Å². The van der Waals surface area contributed by atoms with E-state index in [0.717, 1.165) is 0 Å². The molecule has 1 aromatic rings. The number of nitrogens with zero attached hydrogens (tertiary/aromatic N) is 2. The second kappa shape index (κ2) is 15.9. The number of ether oxygens (including phenoxy) is 4. The first kappa shape index (κ1) is 39.1. The van der Waals surface area contributed by atoms with E-state index in [1.54, 1.807) is 32.9 Å². The lowest BCUT2D eigenvalue weighted by Gasteiger charge is -2.41. The highest BCUT2D eigenvalue weighted by molar-refractivity contribution is 5.98. The van der Waals surface area contributed by atoms with Crippen LogP contribution < -0.4 is 30.6 Å². The van der Waals surface area contributed by atoms with Gasteiger partial charge in [0.05, 0.1) is 33.5 Å². The van der Waals surface area contributed by atoms with E-state index in [9.17, 15) is 34.2 Å². The molecule has 1 aromatic carbocycles. The maximum Gasteiger partial charge on any atom is 0.408 e. The number of amides is 5. The summed E-state index contributed by atoms with van der Waals surface area (Å²) in [6, 6.07) is -0.575. The molecule has 49 heavy (non-hydrogen) atoms. The first-order valence-corrected chi connectivity index (χ1v) is 16.3. The average molecular weight is 694 g/mol. The molecule has 0 saturated carbocycles. The van der Waals surface area contributed by atoms with Crippen molar-refractivity contribution in [3.8, 4) is 17.2 Å². The standard InChI is InChI=1S/C33H51N5O11/c1-18(39)24(27(34)41)35-30(44)33(17-20-15-22(46-6)26(48-8)23(16-20)47-7)12-10-14-38(33)28(42)21-11-9-13-37(21)29(43)25(19(2)40)36-31(45)49-32(3,4)5/h15-16,18-19,21,24-25,39-40H,9-14,17H2,1-8H3,(H2,34,41)(H,35,44)(H,36,45)/t18-,19-,21+,24+,25+,33+/m1/s1. The molecule has 0 radical (unpaired) electrons. The van der Waals surface area contributed by atoms with Crippen LogP contribution in [0.2, 0.25) is 0 Å². The Bertz CT molecular complexity index is 1370. The van der Waals surface area contributed by atoms with Crippen LogP contribution in [0.25, 0.3) is 0 Å². The van der Waals surface area contributed by atoms with Crippen LogP contribution in [0.5, 0.6) is 17.2 Å². The van der Waals surface area contributed by atoms with Gasteiger partial charge in [-0.25, -0.2) is 4.79 Å². The lowest BCUT2D eigenvalue weighted by atomic mass is 9.85. The Balaban J connectivity index is 2.05. The molecule has 2 fully saturated rings. The van der Waals surface area contributed by atoms with Crippen LogP contribution in [0.15, 0.2) is 12.1 Å². The molecule has 2 aliphatic rings. The summed E-state index contributed by atoms with van der Waals surface area (Å²) in [5.74, 6) is -1.94. The third-order valence-electron chi connectivity index (χ3n) is 8.72. The van der Waals surface area contributed by atoms with Crippen molar-refractivity contribution < 1.29 is 53.1 Å². The number of benzene rings is 1. The summed E-state index contributed by atoms with van der Waals surface area (Å²) in [5.41, 5.74) is 3.59. The van der Waals surface area contributed by atoms with Crippen LogP contribution in [0.4, 0.5) is 4.79 Å². The van der Waals surface area contributed by atoms with Crippen molar-refractivity contribution in [3.63, 3.8) is 0 Å². The zero-order chi connectivity index (χ0) is 36.8. The minimum Gasteiger partial charge on any atom is -0.493 e. The largest absolute Gasteiger partial charge is 0.493 e. The van der Waals surface area contributed by atoms with Gasteiger partial charge in [0.15, 0.2) is 11.5 Å². The number of likely N-dealkylation sites (tertiary alicyclic amines) is 2. The zero-order valence-electron chi connectivity index (χ0n) is 29.5. The molecule has 2 saturated heterocycles. The molecule has 6 N–H and O–H groups in total.